The van der Waals surface area contributed by atoms with Gasteiger partial charge in [0, 0.05) is 6.54 Å². The van der Waals surface area contributed by atoms with Crippen LogP contribution in [-0.4, -0.2) is 53.5 Å². The first-order chi connectivity index (χ1) is 8.82. The molecule has 1 aliphatic rings. The molecule has 0 aromatic heterocycles. The van der Waals surface area contributed by atoms with Gasteiger partial charge in [0.1, 0.15) is 6.54 Å². The van der Waals surface area contributed by atoms with Crippen LogP contribution in [0, 0.1) is 11.8 Å². The molecular weight excluding hydrogens is 254 g/mol. The van der Waals surface area contributed by atoms with Crippen molar-refractivity contribution in [3.63, 3.8) is 0 Å². The highest BCUT2D eigenvalue weighted by atomic mass is 16.4. The number of imide groups is 1. The van der Waals surface area contributed by atoms with Gasteiger partial charge >= 0.3 is 12.0 Å². The van der Waals surface area contributed by atoms with E-state index in [0.717, 1.165) is 4.90 Å². The molecule has 0 bridgehead atoms. The first kappa shape index (κ1) is 14.9. The van der Waals surface area contributed by atoms with Gasteiger partial charge in [0.2, 0.25) is 5.91 Å². The lowest BCUT2D eigenvalue weighted by Crippen LogP contribution is -2.43. The summed E-state index contributed by atoms with van der Waals surface area (Å²) in [5.41, 5.74) is 0. The molecule has 1 heterocycles. The van der Waals surface area contributed by atoms with Gasteiger partial charge in [0.15, 0.2) is 0 Å². The second kappa shape index (κ2) is 6.17. The number of carboxylic acids is 1. The number of nitrogens with zero attached hydrogens (tertiary/aromatic N) is 1. The highest BCUT2D eigenvalue weighted by Gasteiger charge is 2.30. The molecule has 1 fully saturated rings. The van der Waals surface area contributed by atoms with Crippen molar-refractivity contribution in [2.45, 2.75) is 13.8 Å². The molecule has 0 aliphatic carbocycles. The summed E-state index contributed by atoms with van der Waals surface area (Å²) in [5, 5.41) is 13.7. The van der Waals surface area contributed by atoms with Crippen LogP contribution < -0.4 is 10.6 Å². The summed E-state index contributed by atoms with van der Waals surface area (Å²) in [6, 6.07) is -0.612. The predicted molar refractivity (Wildman–Crippen MR) is 64.1 cm³/mol. The fourth-order valence-electron chi connectivity index (χ4n) is 1.65. The fourth-order valence-corrected chi connectivity index (χ4v) is 1.65. The second-order valence-electron chi connectivity index (χ2n) is 4.63. The zero-order chi connectivity index (χ0) is 14.6. The molecule has 3 N–H and O–H groups in total. The van der Waals surface area contributed by atoms with E-state index in [1.54, 1.807) is 13.8 Å². The molecule has 1 rings (SSSR count). The van der Waals surface area contributed by atoms with E-state index in [1.807, 2.05) is 0 Å². The topological polar surface area (TPSA) is 116 Å². The van der Waals surface area contributed by atoms with Gasteiger partial charge in [-0.1, -0.05) is 13.8 Å². The zero-order valence-electron chi connectivity index (χ0n) is 10.8. The number of nitrogens with one attached hydrogen (secondary N) is 2. The Hall–Kier alpha value is -2.12. The van der Waals surface area contributed by atoms with Crippen molar-refractivity contribution in [2.24, 2.45) is 11.8 Å². The molecule has 0 radical (unpaired) electrons. The molecule has 19 heavy (non-hydrogen) atoms. The van der Waals surface area contributed by atoms with Crippen molar-refractivity contribution in [1.29, 1.82) is 0 Å². The molecule has 4 amide bonds. The summed E-state index contributed by atoms with van der Waals surface area (Å²) in [5.74, 6) is -2.86. The van der Waals surface area contributed by atoms with E-state index < -0.39 is 36.3 Å². The van der Waals surface area contributed by atoms with Crippen molar-refractivity contribution in [3.8, 4) is 0 Å². The number of carboxylic acid groups (broad SMARTS) is 1. The van der Waals surface area contributed by atoms with Crippen LogP contribution in [0.25, 0.3) is 0 Å². The van der Waals surface area contributed by atoms with Gasteiger partial charge in [-0.3, -0.25) is 19.3 Å². The van der Waals surface area contributed by atoms with Crippen LogP contribution >= 0.6 is 0 Å². The van der Waals surface area contributed by atoms with E-state index in [-0.39, 0.29) is 19.0 Å². The van der Waals surface area contributed by atoms with Gasteiger partial charge in [0.05, 0.1) is 12.5 Å². The van der Waals surface area contributed by atoms with Crippen LogP contribution in [0.1, 0.15) is 13.8 Å². The Balaban J connectivity index is 2.45. The molecule has 1 unspecified atom stereocenters. The van der Waals surface area contributed by atoms with Gasteiger partial charge < -0.3 is 15.7 Å². The van der Waals surface area contributed by atoms with Crippen LogP contribution in [0.5, 0.6) is 0 Å². The molecule has 0 saturated carbocycles. The van der Waals surface area contributed by atoms with Gasteiger partial charge in [-0.15, -0.1) is 0 Å². The van der Waals surface area contributed by atoms with Crippen molar-refractivity contribution >= 4 is 23.8 Å². The third-order valence-electron chi connectivity index (χ3n) is 2.88. The van der Waals surface area contributed by atoms with Crippen LogP contribution in [-0.2, 0) is 14.4 Å². The molecule has 8 heteroatoms. The lowest BCUT2D eigenvalue weighted by atomic mass is 9.96. The second-order valence-corrected chi connectivity index (χ2v) is 4.63. The van der Waals surface area contributed by atoms with E-state index in [2.05, 4.69) is 10.6 Å². The number of hydrogen-bond donors (Lipinski definition) is 3. The Morgan fingerprint density at radius 3 is 2.47 bits per heavy atom. The summed E-state index contributed by atoms with van der Waals surface area (Å²) in [7, 11) is 0. The lowest BCUT2D eigenvalue weighted by Gasteiger charge is -2.18. The quantitative estimate of drug-likeness (QED) is 0.536. The maximum atomic E-state index is 11.6. The lowest BCUT2D eigenvalue weighted by molar-refractivity contribution is -0.143. The van der Waals surface area contributed by atoms with E-state index in [9.17, 15) is 19.2 Å². The number of hydrogen-bond acceptors (Lipinski definition) is 4. The summed E-state index contributed by atoms with van der Waals surface area (Å²) in [4.78, 5) is 45.7. The van der Waals surface area contributed by atoms with Crippen molar-refractivity contribution in [1.82, 2.24) is 15.5 Å². The largest absolute Gasteiger partial charge is 0.481 e. The normalized spacial score (nSPS) is 16.5. The number of carbonyl (C=O) groups excluding carboxylic acids is 3. The van der Waals surface area contributed by atoms with E-state index in [1.165, 1.54) is 0 Å². The van der Waals surface area contributed by atoms with Gasteiger partial charge in [-0.05, 0) is 5.92 Å². The fraction of sp³-hybridized carbons (Fsp3) is 0.636. The number of aliphatic carboxylic acids is 1. The highest BCUT2D eigenvalue weighted by molar-refractivity contribution is 6.04. The minimum Gasteiger partial charge on any atom is -0.481 e. The molecule has 0 aromatic carbocycles. The Kier molecular flexibility index (Phi) is 4.85. The summed E-state index contributed by atoms with van der Waals surface area (Å²) in [6.07, 6.45) is 0. The smallest absolute Gasteiger partial charge is 0.325 e. The minimum atomic E-state index is -0.995. The standard InChI is InChI=1S/C11H17N3O5/c1-6(2)7(10(17)18)3-12-8(15)5-14-9(16)4-13-11(14)19/h6-7H,3-5H2,1-2H3,(H,12,15)(H,13,19)(H,17,18). The average molecular weight is 271 g/mol. The molecule has 1 saturated heterocycles. The SMILES string of the molecule is CC(C)C(CNC(=O)CN1C(=O)CNC1=O)C(=O)O. The maximum absolute atomic E-state index is 11.6. The average Bonchev–Trinajstić information content (AvgIpc) is 2.60. The van der Waals surface area contributed by atoms with Crippen LogP contribution in [0.4, 0.5) is 4.79 Å². The first-order valence-corrected chi connectivity index (χ1v) is 5.90. The number of urea groups is 1. The predicted octanol–water partition coefficient (Wildman–Crippen LogP) is -0.989. The number of amides is 4. The molecule has 8 nitrogen and oxygen atoms in total. The monoisotopic (exact) mass is 271 g/mol. The van der Waals surface area contributed by atoms with E-state index in [4.69, 9.17) is 5.11 Å². The Bertz CT molecular complexity index is 391. The molecule has 1 aliphatic heterocycles. The number of rotatable bonds is 6. The van der Waals surface area contributed by atoms with E-state index in [0.29, 0.717) is 0 Å². The van der Waals surface area contributed by atoms with Crippen LogP contribution in [0.15, 0.2) is 0 Å². The van der Waals surface area contributed by atoms with Crippen LogP contribution in [0.3, 0.4) is 0 Å². The Labute approximate surface area is 110 Å². The minimum absolute atomic E-state index is 0.0323. The zero-order valence-corrected chi connectivity index (χ0v) is 10.8. The van der Waals surface area contributed by atoms with Crippen molar-refractivity contribution < 1.29 is 24.3 Å². The Morgan fingerprint density at radius 2 is 2.05 bits per heavy atom. The molecule has 1 atom stereocenters. The molecule has 0 spiro atoms. The highest BCUT2D eigenvalue weighted by Crippen LogP contribution is 2.09. The van der Waals surface area contributed by atoms with Gasteiger partial charge in [-0.25, -0.2) is 4.79 Å². The Morgan fingerprint density at radius 1 is 1.42 bits per heavy atom. The molecule has 0 aromatic rings. The summed E-state index contributed by atoms with van der Waals surface area (Å²) >= 11 is 0. The number of carbonyl (C=O) groups is 4. The third kappa shape index (κ3) is 3.94. The van der Waals surface area contributed by atoms with E-state index >= 15 is 0 Å². The van der Waals surface area contributed by atoms with Crippen molar-refractivity contribution in [3.05, 3.63) is 0 Å². The molecule has 106 valence electrons. The van der Waals surface area contributed by atoms with Gasteiger partial charge in [-0.2, -0.15) is 0 Å². The van der Waals surface area contributed by atoms with Crippen molar-refractivity contribution in [2.75, 3.05) is 19.6 Å². The maximum Gasteiger partial charge on any atom is 0.325 e. The first-order valence-electron chi connectivity index (χ1n) is 5.90. The summed E-state index contributed by atoms with van der Waals surface area (Å²) < 4.78 is 0. The summed E-state index contributed by atoms with van der Waals surface area (Å²) in [6.45, 7) is 2.94. The third-order valence-corrected chi connectivity index (χ3v) is 2.88. The molecular formula is C11H17N3O5. The van der Waals surface area contributed by atoms with Crippen LogP contribution in [0.2, 0.25) is 0 Å². The van der Waals surface area contributed by atoms with Gasteiger partial charge in [0.25, 0.3) is 5.91 Å².